The van der Waals surface area contributed by atoms with Crippen LogP contribution in [0.5, 0.6) is 0 Å². The van der Waals surface area contributed by atoms with Crippen molar-refractivity contribution in [1.82, 2.24) is 0 Å². The Labute approximate surface area is 85.3 Å². The second-order valence-electron chi connectivity index (χ2n) is 4.93. The first-order valence-electron chi connectivity index (χ1n) is 4.52. The van der Waals surface area contributed by atoms with Crippen LogP contribution in [0.1, 0.15) is 34.6 Å². The number of ketones is 1. The minimum atomic E-state index is -1.15. The summed E-state index contributed by atoms with van der Waals surface area (Å²) in [6.45, 7) is 9.33. The molecule has 14 heavy (non-hydrogen) atoms. The molecule has 0 saturated carbocycles. The van der Waals surface area contributed by atoms with Gasteiger partial charge >= 0.3 is 0 Å². The van der Waals surface area contributed by atoms with Gasteiger partial charge in [0, 0.05) is 5.41 Å². The monoisotopic (exact) mass is 192 g/mol. The van der Waals surface area contributed by atoms with Crippen molar-refractivity contribution in [3.05, 3.63) is 0 Å². The Morgan fingerprint density at radius 1 is 1.07 bits per heavy atom. The molecule has 0 fully saturated rings. The van der Waals surface area contributed by atoms with Gasteiger partial charge < -0.3 is 0 Å². The summed E-state index contributed by atoms with van der Waals surface area (Å²) < 4.78 is 0. The average molecular weight is 192 g/mol. The van der Waals surface area contributed by atoms with E-state index in [-0.39, 0.29) is 11.2 Å². The fraction of sp³-hybridized carbons (Fsp3) is 0.727. The molecule has 3 nitrogen and oxygen atoms in total. The highest BCUT2D eigenvalue weighted by atomic mass is 16.1. The van der Waals surface area contributed by atoms with Crippen molar-refractivity contribution in [2.75, 3.05) is 0 Å². The predicted molar refractivity (Wildman–Crippen MR) is 53.0 cm³/mol. The number of nitriles is 2. The number of hydrogen-bond acceptors (Lipinski definition) is 3. The first kappa shape index (κ1) is 12.7. The molecule has 0 aliphatic carbocycles. The minimum absolute atomic E-state index is 0.254. The van der Waals surface area contributed by atoms with Crippen LogP contribution < -0.4 is 0 Å². The third kappa shape index (κ3) is 2.12. The number of nitrogens with zero attached hydrogens (tertiary/aromatic N) is 2. The van der Waals surface area contributed by atoms with Gasteiger partial charge in [-0.2, -0.15) is 10.5 Å². The zero-order chi connectivity index (χ0) is 11.6. The molecule has 0 spiro atoms. The summed E-state index contributed by atoms with van der Waals surface area (Å²) in [5.74, 6) is -1.45. The number of carbonyl (C=O) groups excluding carboxylic acids is 1. The van der Waals surface area contributed by atoms with Crippen LogP contribution in [0.2, 0.25) is 0 Å². The maximum absolute atomic E-state index is 11.8. The molecule has 0 rings (SSSR count). The molecule has 0 atom stereocenters. The van der Waals surface area contributed by atoms with E-state index < -0.39 is 11.3 Å². The van der Waals surface area contributed by atoms with Crippen molar-refractivity contribution >= 4 is 5.78 Å². The van der Waals surface area contributed by atoms with E-state index in [1.165, 1.54) is 0 Å². The Kier molecular flexibility index (Phi) is 3.43. The highest BCUT2D eigenvalue weighted by molar-refractivity contribution is 5.91. The van der Waals surface area contributed by atoms with Crippen molar-refractivity contribution in [1.29, 1.82) is 10.5 Å². The standard InChI is InChI=1S/C11H16N2O/c1-10(2,3)11(4,5)9(14)8(6-12)7-13/h8H,1-5H3. The van der Waals surface area contributed by atoms with Gasteiger partial charge in [0.1, 0.15) is 0 Å². The molecule has 0 heterocycles. The quantitative estimate of drug-likeness (QED) is 0.674. The van der Waals surface area contributed by atoms with E-state index in [9.17, 15) is 4.79 Å². The first-order valence-corrected chi connectivity index (χ1v) is 4.52. The molecule has 0 unspecified atom stereocenters. The molecule has 0 aliphatic rings. The summed E-state index contributed by atoms with van der Waals surface area (Å²) in [4.78, 5) is 11.8. The Morgan fingerprint density at radius 3 is 1.64 bits per heavy atom. The smallest absolute Gasteiger partial charge is 0.191 e. The summed E-state index contributed by atoms with van der Waals surface area (Å²) in [7, 11) is 0. The summed E-state index contributed by atoms with van der Waals surface area (Å²) in [6, 6.07) is 3.44. The lowest BCUT2D eigenvalue weighted by Crippen LogP contribution is -2.40. The molecular formula is C11H16N2O. The second kappa shape index (κ2) is 3.80. The van der Waals surface area contributed by atoms with E-state index in [2.05, 4.69) is 0 Å². The van der Waals surface area contributed by atoms with Gasteiger partial charge in [0.25, 0.3) is 0 Å². The van der Waals surface area contributed by atoms with Crippen molar-refractivity contribution in [2.45, 2.75) is 34.6 Å². The van der Waals surface area contributed by atoms with Gasteiger partial charge in [-0.15, -0.1) is 0 Å². The van der Waals surface area contributed by atoms with E-state index in [4.69, 9.17) is 10.5 Å². The molecule has 0 amide bonds. The topological polar surface area (TPSA) is 64.7 Å². The van der Waals surface area contributed by atoms with E-state index >= 15 is 0 Å². The Hall–Kier alpha value is -1.35. The maximum atomic E-state index is 11.8. The van der Waals surface area contributed by atoms with Crippen LogP contribution in [0, 0.1) is 39.4 Å². The molecule has 0 aromatic carbocycles. The van der Waals surface area contributed by atoms with E-state index in [0.717, 1.165) is 0 Å². The van der Waals surface area contributed by atoms with Gasteiger partial charge in [0.05, 0.1) is 12.1 Å². The number of Topliss-reactive ketones (excluding diaryl/α,β-unsaturated/α-hetero) is 1. The van der Waals surface area contributed by atoms with Gasteiger partial charge in [0.2, 0.25) is 0 Å². The molecule has 76 valence electrons. The normalized spacial score (nSPS) is 12.0. The van der Waals surface area contributed by atoms with Crippen LogP contribution in [0.25, 0.3) is 0 Å². The lowest BCUT2D eigenvalue weighted by molar-refractivity contribution is -0.133. The Bertz CT molecular complexity index is 296. The molecule has 0 aromatic heterocycles. The zero-order valence-corrected chi connectivity index (χ0v) is 9.38. The fourth-order valence-electron chi connectivity index (χ4n) is 0.877. The molecule has 0 aliphatic heterocycles. The van der Waals surface area contributed by atoms with Crippen LogP contribution in [-0.2, 0) is 4.79 Å². The maximum Gasteiger partial charge on any atom is 0.191 e. The zero-order valence-electron chi connectivity index (χ0n) is 9.38. The third-order valence-corrected chi connectivity index (χ3v) is 3.01. The van der Waals surface area contributed by atoms with Crippen molar-refractivity contribution in [3.63, 3.8) is 0 Å². The summed E-state index contributed by atoms with van der Waals surface area (Å²) >= 11 is 0. The Balaban J connectivity index is 5.08. The number of rotatable bonds is 2. The molecule has 0 N–H and O–H groups in total. The Morgan fingerprint density at radius 2 is 1.43 bits per heavy atom. The van der Waals surface area contributed by atoms with E-state index in [1.54, 1.807) is 26.0 Å². The predicted octanol–water partition coefficient (Wildman–Crippen LogP) is 2.29. The van der Waals surface area contributed by atoms with Crippen molar-refractivity contribution < 1.29 is 4.79 Å². The van der Waals surface area contributed by atoms with Crippen LogP contribution in [-0.4, -0.2) is 5.78 Å². The van der Waals surface area contributed by atoms with Gasteiger partial charge in [-0.1, -0.05) is 34.6 Å². The minimum Gasteiger partial charge on any atom is -0.296 e. The van der Waals surface area contributed by atoms with Crippen molar-refractivity contribution in [2.24, 2.45) is 16.7 Å². The molecule has 0 saturated heterocycles. The lowest BCUT2D eigenvalue weighted by Gasteiger charge is -2.37. The largest absolute Gasteiger partial charge is 0.296 e. The van der Waals surface area contributed by atoms with Crippen LogP contribution in [0.4, 0.5) is 0 Å². The van der Waals surface area contributed by atoms with Gasteiger partial charge in [0.15, 0.2) is 11.7 Å². The van der Waals surface area contributed by atoms with Crippen LogP contribution >= 0.6 is 0 Å². The molecule has 0 bridgehead atoms. The average Bonchev–Trinajstić information content (AvgIpc) is 2.04. The fourth-order valence-corrected chi connectivity index (χ4v) is 0.877. The highest BCUT2D eigenvalue weighted by Crippen LogP contribution is 2.40. The van der Waals surface area contributed by atoms with Gasteiger partial charge in [-0.25, -0.2) is 0 Å². The van der Waals surface area contributed by atoms with E-state index in [1.807, 2.05) is 20.8 Å². The summed E-state index contributed by atoms with van der Waals surface area (Å²) in [5, 5.41) is 17.3. The van der Waals surface area contributed by atoms with Gasteiger partial charge in [-0.3, -0.25) is 4.79 Å². The van der Waals surface area contributed by atoms with E-state index in [0.29, 0.717) is 0 Å². The second-order valence-corrected chi connectivity index (χ2v) is 4.93. The molecule has 0 aromatic rings. The SMILES string of the molecule is CC(C)(C)C(C)(C)C(=O)C(C#N)C#N. The molecule has 0 radical (unpaired) electrons. The van der Waals surface area contributed by atoms with Gasteiger partial charge in [-0.05, 0) is 5.41 Å². The highest BCUT2D eigenvalue weighted by Gasteiger charge is 2.42. The third-order valence-electron chi connectivity index (χ3n) is 3.01. The van der Waals surface area contributed by atoms with Crippen LogP contribution in [0.15, 0.2) is 0 Å². The van der Waals surface area contributed by atoms with Crippen LogP contribution in [0.3, 0.4) is 0 Å². The number of carbonyl (C=O) groups is 1. The summed E-state index contributed by atoms with van der Waals surface area (Å²) in [6.07, 6.45) is 0. The van der Waals surface area contributed by atoms with Crippen molar-refractivity contribution in [3.8, 4) is 12.1 Å². The molecule has 3 heteroatoms. The molecular weight excluding hydrogens is 176 g/mol. The summed E-state index contributed by atoms with van der Waals surface area (Å²) in [5.41, 5.74) is -0.918. The lowest BCUT2D eigenvalue weighted by atomic mass is 9.64. The first-order chi connectivity index (χ1) is 6.18. The number of hydrogen-bond donors (Lipinski definition) is 0.